The highest BCUT2D eigenvalue weighted by molar-refractivity contribution is 5.77. The molecule has 0 radical (unpaired) electrons. The number of hydrogen-bond donors (Lipinski definition) is 3. The van der Waals surface area contributed by atoms with E-state index in [1.165, 1.54) is 173 Å². The summed E-state index contributed by atoms with van der Waals surface area (Å²) >= 11 is 0. The summed E-state index contributed by atoms with van der Waals surface area (Å²) in [5, 5.41) is 23.6. The molecule has 0 aliphatic carbocycles. The fourth-order valence-corrected chi connectivity index (χ4v) is 7.55. The van der Waals surface area contributed by atoms with Crippen LogP contribution in [0.3, 0.4) is 0 Å². The summed E-state index contributed by atoms with van der Waals surface area (Å²) in [6.07, 6.45) is 43.1. The average molecular weight is 752 g/mol. The molecule has 6 heteroatoms. The van der Waals surface area contributed by atoms with Gasteiger partial charge in [-0.3, -0.25) is 9.59 Å². The van der Waals surface area contributed by atoms with Crippen LogP contribution in [-0.4, -0.2) is 46.9 Å². The largest absolute Gasteiger partial charge is 0.462 e. The Morgan fingerprint density at radius 1 is 0.472 bits per heavy atom. The molecule has 53 heavy (non-hydrogen) atoms. The summed E-state index contributed by atoms with van der Waals surface area (Å²) in [5.74, 6) is -0.460. The van der Waals surface area contributed by atoms with Crippen LogP contribution in [0, 0.1) is 0 Å². The van der Waals surface area contributed by atoms with Gasteiger partial charge in [-0.2, -0.15) is 0 Å². The highest BCUT2D eigenvalue weighted by Gasteiger charge is 2.24. The van der Waals surface area contributed by atoms with Crippen LogP contribution in [0.4, 0.5) is 0 Å². The predicted octanol–water partition coefficient (Wildman–Crippen LogP) is 13.6. The Bertz CT molecular complexity index is 761. The maximum Gasteiger partial charge on any atom is 0.306 e. The second kappa shape index (κ2) is 42.0. The maximum atomic E-state index is 13.1. The smallest absolute Gasteiger partial charge is 0.306 e. The van der Waals surface area contributed by atoms with Crippen LogP contribution in [0.15, 0.2) is 0 Å². The van der Waals surface area contributed by atoms with Crippen molar-refractivity contribution < 1.29 is 24.5 Å². The van der Waals surface area contributed by atoms with E-state index in [0.717, 1.165) is 44.9 Å². The molecule has 316 valence electrons. The van der Waals surface area contributed by atoms with Crippen molar-refractivity contribution in [1.82, 2.24) is 5.32 Å². The molecule has 0 fully saturated rings. The number of aliphatic hydroxyl groups excluding tert-OH is 2. The number of amides is 1. The Morgan fingerprint density at radius 3 is 1.15 bits per heavy atom. The number of hydrogen-bond acceptors (Lipinski definition) is 5. The van der Waals surface area contributed by atoms with Crippen LogP contribution in [0.25, 0.3) is 0 Å². The van der Waals surface area contributed by atoms with Crippen molar-refractivity contribution in [3.8, 4) is 0 Å². The summed E-state index contributed by atoms with van der Waals surface area (Å²) in [5.41, 5.74) is 0. The van der Waals surface area contributed by atoms with E-state index in [2.05, 4.69) is 26.1 Å². The highest BCUT2D eigenvalue weighted by atomic mass is 16.5. The minimum Gasteiger partial charge on any atom is -0.462 e. The number of unbranched alkanes of at least 4 members (excludes halogenated alkanes) is 31. The van der Waals surface area contributed by atoms with Crippen LogP contribution >= 0.6 is 0 Å². The lowest BCUT2D eigenvalue weighted by Crippen LogP contribution is -2.46. The number of carbonyl (C=O) groups is 2. The molecular weight excluding hydrogens is 659 g/mol. The van der Waals surface area contributed by atoms with Gasteiger partial charge in [0.15, 0.2) is 0 Å². The third-order valence-corrected chi connectivity index (χ3v) is 11.2. The molecule has 0 heterocycles. The van der Waals surface area contributed by atoms with Gasteiger partial charge < -0.3 is 20.3 Å². The van der Waals surface area contributed by atoms with Crippen LogP contribution in [0.5, 0.6) is 0 Å². The molecule has 1 amide bonds. The molecule has 0 saturated carbocycles. The summed E-state index contributed by atoms with van der Waals surface area (Å²) in [4.78, 5) is 25.9. The first-order chi connectivity index (χ1) is 26.0. The number of aliphatic hydroxyl groups is 2. The van der Waals surface area contributed by atoms with E-state index in [4.69, 9.17) is 4.74 Å². The standard InChI is InChI=1S/C47H93NO5/c1-4-7-10-13-16-19-21-23-25-27-30-33-36-39-45(50)44(42-49)48-46(51)41-43(38-35-32-29-18-15-12-9-6-3)53-47(52)40-37-34-31-28-26-24-22-20-17-14-11-8-5-2/h43-45,49-50H,4-42H2,1-3H3,(H,48,51). The van der Waals surface area contributed by atoms with Gasteiger partial charge in [-0.05, 0) is 25.7 Å². The summed E-state index contributed by atoms with van der Waals surface area (Å²) in [7, 11) is 0. The van der Waals surface area contributed by atoms with Gasteiger partial charge in [0.25, 0.3) is 0 Å². The minimum atomic E-state index is -0.777. The molecule has 0 aliphatic heterocycles. The van der Waals surface area contributed by atoms with E-state index in [0.29, 0.717) is 19.3 Å². The molecule has 0 aliphatic rings. The number of nitrogens with one attached hydrogen (secondary N) is 1. The molecule has 0 aromatic rings. The maximum absolute atomic E-state index is 13.1. The quantitative estimate of drug-likeness (QED) is 0.0426. The summed E-state index contributed by atoms with van der Waals surface area (Å²) in [6.45, 7) is 6.47. The SMILES string of the molecule is CCCCCCCCCCCCCCCC(=O)OC(CCCCCCCCCC)CC(=O)NC(CO)C(O)CCCCCCCCCCCCCCC. The van der Waals surface area contributed by atoms with Crippen LogP contribution < -0.4 is 5.32 Å². The van der Waals surface area contributed by atoms with Gasteiger partial charge in [-0.25, -0.2) is 0 Å². The number of esters is 1. The van der Waals surface area contributed by atoms with E-state index in [-0.39, 0.29) is 24.9 Å². The van der Waals surface area contributed by atoms with Gasteiger partial charge in [-0.1, -0.05) is 226 Å². The van der Waals surface area contributed by atoms with Crippen molar-refractivity contribution in [2.24, 2.45) is 0 Å². The van der Waals surface area contributed by atoms with Gasteiger partial charge in [0, 0.05) is 6.42 Å². The monoisotopic (exact) mass is 752 g/mol. The predicted molar refractivity (Wildman–Crippen MR) is 227 cm³/mol. The van der Waals surface area contributed by atoms with Crippen molar-refractivity contribution in [3.63, 3.8) is 0 Å². The Hall–Kier alpha value is -1.14. The minimum absolute atomic E-state index is 0.0861. The first kappa shape index (κ1) is 51.9. The number of carbonyl (C=O) groups excluding carboxylic acids is 2. The molecule has 0 bridgehead atoms. The van der Waals surface area contributed by atoms with Crippen molar-refractivity contribution in [2.75, 3.05) is 6.61 Å². The lowest BCUT2D eigenvalue weighted by Gasteiger charge is -2.24. The van der Waals surface area contributed by atoms with Gasteiger partial charge in [0.05, 0.1) is 25.2 Å². The molecule has 3 N–H and O–H groups in total. The Kier molecular flexibility index (Phi) is 41.1. The zero-order valence-electron chi connectivity index (χ0n) is 35.9. The van der Waals surface area contributed by atoms with Crippen molar-refractivity contribution >= 4 is 11.9 Å². The molecule has 0 rings (SSSR count). The highest BCUT2D eigenvalue weighted by Crippen LogP contribution is 2.18. The molecule has 3 unspecified atom stereocenters. The Balaban J connectivity index is 4.42. The second-order valence-corrected chi connectivity index (χ2v) is 16.5. The average Bonchev–Trinajstić information content (AvgIpc) is 3.15. The van der Waals surface area contributed by atoms with Gasteiger partial charge in [0.2, 0.25) is 5.91 Å². The normalized spacial score (nSPS) is 13.2. The topological polar surface area (TPSA) is 95.9 Å². The van der Waals surface area contributed by atoms with Crippen LogP contribution in [0.2, 0.25) is 0 Å². The second-order valence-electron chi connectivity index (χ2n) is 16.5. The Labute approximate surface area is 330 Å². The van der Waals surface area contributed by atoms with Crippen LogP contribution in [0.1, 0.15) is 265 Å². The van der Waals surface area contributed by atoms with E-state index in [1.54, 1.807) is 0 Å². The summed E-state index contributed by atoms with van der Waals surface area (Å²) in [6, 6.07) is -0.690. The molecule has 0 saturated heterocycles. The van der Waals surface area contributed by atoms with Gasteiger partial charge >= 0.3 is 5.97 Å². The molecule has 0 aromatic heterocycles. The van der Waals surface area contributed by atoms with E-state index in [9.17, 15) is 19.8 Å². The third-order valence-electron chi connectivity index (χ3n) is 11.2. The van der Waals surface area contributed by atoms with Gasteiger partial charge in [-0.15, -0.1) is 0 Å². The zero-order valence-corrected chi connectivity index (χ0v) is 35.9. The van der Waals surface area contributed by atoms with Gasteiger partial charge in [0.1, 0.15) is 6.10 Å². The molecule has 0 spiro atoms. The molecular formula is C47H93NO5. The van der Waals surface area contributed by atoms with Crippen molar-refractivity contribution in [1.29, 1.82) is 0 Å². The summed E-state index contributed by atoms with van der Waals surface area (Å²) < 4.78 is 5.89. The fourth-order valence-electron chi connectivity index (χ4n) is 7.55. The molecule has 0 aromatic carbocycles. The third kappa shape index (κ3) is 37.6. The van der Waals surface area contributed by atoms with Crippen LogP contribution in [-0.2, 0) is 14.3 Å². The van der Waals surface area contributed by atoms with E-state index >= 15 is 0 Å². The van der Waals surface area contributed by atoms with Crippen molar-refractivity contribution in [3.05, 3.63) is 0 Å². The lowest BCUT2D eigenvalue weighted by atomic mass is 10.0. The van der Waals surface area contributed by atoms with E-state index in [1.807, 2.05) is 0 Å². The van der Waals surface area contributed by atoms with Crippen molar-refractivity contribution in [2.45, 2.75) is 283 Å². The first-order valence-electron chi connectivity index (χ1n) is 23.8. The Morgan fingerprint density at radius 2 is 0.792 bits per heavy atom. The molecule has 6 nitrogen and oxygen atoms in total. The molecule has 3 atom stereocenters. The number of ether oxygens (including phenoxy) is 1. The first-order valence-corrected chi connectivity index (χ1v) is 23.8. The zero-order chi connectivity index (χ0) is 38.9. The lowest BCUT2D eigenvalue weighted by molar-refractivity contribution is -0.151. The van der Waals surface area contributed by atoms with E-state index < -0.39 is 18.2 Å². The number of rotatable bonds is 43. The fraction of sp³-hybridized carbons (Fsp3) is 0.957.